The lowest BCUT2D eigenvalue weighted by Gasteiger charge is -2.17. The van der Waals surface area contributed by atoms with Crippen molar-refractivity contribution in [2.45, 2.75) is 25.9 Å². The molecule has 0 N–H and O–H groups in total. The van der Waals surface area contributed by atoms with Gasteiger partial charge in [-0.1, -0.05) is 29.3 Å². The van der Waals surface area contributed by atoms with Gasteiger partial charge in [0.1, 0.15) is 28.2 Å². The quantitative estimate of drug-likeness (QED) is 0.568. The monoisotopic (exact) mass is 422 g/mol. The van der Waals surface area contributed by atoms with Crippen molar-refractivity contribution in [3.8, 4) is 28.4 Å². The maximum Gasteiger partial charge on any atom is 0.276 e. The molecule has 2 heterocycles. The Morgan fingerprint density at radius 3 is 2.46 bits per heavy atom. The summed E-state index contributed by atoms with van der Waals surface area (Å²) < 4.78 is 29.0. The Labute approximate surface area is 170 Å². The van der Waals surface area contributed by atoms with Gasteiger partial charge in [0.15, 0.2) is 0 Å². The number of aromatic nitrogens is 2. The summed E-state index contributed by atoms with van der Waals surface area (Å²) in [6.07, 6.45) is 1.80. The maximum absolute atomic E-state index is 14.7. The minimum Gasteiger partial charge on any atom is -0.497 e. The Bertz CT molecular complexity index is 1110. The second-order valence-corrected chi connectivity index (χ2v) is 7.23. The summed E-state index contributed by atoms with van der Waals surface area (Å²) >= 11 is 12.6. The molecular formula is C20H17Cl2FN2O3. The Hall–Kier alpha value is -2.44. The zero-order valence-electron chi connectivity index (χ0n) is 15.0. The fraction of sp³-hybridized carbons (Fsp3) is 0.250. The summed E-state index contributed by atoms with van der Waals surface area (Å²) in [7, 11) is 1.55. The molecule has 0 atom stereocenters. The zero-order chi connectivity index (χ0) is 19.8. The first-order chi connectivity index (χ1) is 13.5. The van der Waals surface area contributed by atoms with Gasteiger partial charge < -0.3 is 9.47 Å². The molecular weight excluding hydrogens is 406 g/mol. The first-order valence-corrected chi connectivity index (χ1v) is 9.55. The van der Waals surface area contributed by atoms with Gasteiger partial charge in [-0.2, -0.15) is 0 Å². The van der Waals surface area contributed by atoms with E-state index in [0.717, 1.165) is 18.9 Å². The van der Waals surface area contributed by atoms with Crippen LogP contribution in [0.1, 0.15) is 12.8 Å². The van der Waals surface area contributed by atoms with E-state index in [0.29, 0.717) is 24.6 Å². The van der Waals surface area contributed by atoms with Crippen LogP contribution in [-0.2, 0) is 13.1 Å². The molecule has 28 heavy (non-hydrogen) atoms. The molecule has 0 bridgehead atoms. The van der Waals surface area contributed by atoms with Gasteiger partial charge in [0.05, 0.1) is 17.7 Å². The van der Waals surface area contributed by atoms with E-state index in [-0.39, 0.29) is 32.6 Å². The van der Waals surface area contributed by atoms with Crippen LogP contribution >= 0.6 is 23.2 Å². The van der Waals surface area contributed by atoms with Gasteiger partial charge in [-0.25, -0.2) is 9.07 Å². The van der Waals surface area contributed by atoms with E-state index in [1.165, 1.54) is 6.07 Å². The van der Waals surface area contributed by atoms with Crippen molar-refractivity contribution in [1.82, 2.24) is 9.36 Å². The molecule has 0 fully saturated rings. The molecule has 5 nitrogen and oxygen atoms in total. The molecule has 1 aliphatic rings. The highest BCUT2D eigenvalue weighted by Crippen LogP contribution is 2.38. The molecule has 0 aliphatic carbocycles. The van der Waals surface area contributed by atoms with E-state index < -0.39 is 5.82 Å². The third-order valence-electron chi connectivity index (χ3n) is 4.72. The highest BCUT2D eigenvalue weighted by atomic mass is 35.5. The fourth-order valence-corrected chi connectivity index (χ4v) is 3.89. The number of rotatable bonds is 4. The third kappa shape index (κ3) is 3.27. The second-order valence-electron chi connectivity index (χ2n) is 6.47. The Morgan fingerprint density at radius 2 is 1.75 bits per heavy atom. The predicted molar refractivity (Wildman–Crippen MR) is 106 cm³/mol. The third-order valence-corrected chi connectivity index (χ3v) is 5.40. The van der Waals surface area contributed by atoms with Crippen LogP contribution in [0.25, 0.3) is 11.1 Å². The number of ether oxygens (including phenoxy) is 2. The van der Waals surface area contributed by atoms with Crippen LogP contribution in [0.4, 0.5) is 4.39 Å². The summed E-state index contributed by atoms with van der Waals surface area (Å²) in [6, 6.07) is 9.48. The van der Waals surface area contributed by atoms with Crippen LogP contribution < -0.4 is 15.0 Å². The number of fused-ring (bicyclic) bond motifs is 1. The molecule has 0 saturated carbocycles. The topological polar surface area (TPSA) is 45.4 Å². The highest BCUT2D eigenvalue weighted by molar-refractivity contribution is 6.33. The Kier molecular flexibility index (Phi) is 5.08. The molecule has 1 aromatic heterocycles. The van der Waals surface area contributed by atoms with Crippen LogP contribution in [-0.4, -0.2) is 16.5 Å². The SMILES string of the molecule is COc1cccc(Oc2cc(-c3c(Cl)n4n(c3=O)CCCC4)c(F)cc2Cl)c1. The van der Waals surface area contributed by atoms with Crippen LogP contribution in [0.5, 0.6) is 17.2 Å². The van der Waals surface area contributed by atoms with E-state index in [1.54, 1.807) is 40.7 Å². The van der Waals surface area contributed by atoms with Crippen molar-refractivity contribution in [3.63, 3.8) is 0 Å². The van der Waals surface area contributed by atoms with Crippen LogP contribution in [0.2, 0.25) is 10.2 Å². The number of hydrogen-bond donors (Lipinski definition) is 0. The van der Waals surface area contributed by atoms with Crippen molar-refractivity contribution < 1.29 is 13.9 Å². The summed E-state index contributed by atoms with van der Waals surface area (Å²) in [5.41, 5.74) is -0.141. The molecule has 0 saturated heterocycles. The summed E-state index contributed by atoms with van der Waals surface area (Å²) in [5, 5.41) is 0.308. The molecule has 8 heteroatoms. The molecule has 2 aromatic carbocycles. The molecule has 0 unspecified atom stereocenters. The molecule has 0 amide bonds. The number of methoxy groups -OCH3 is 1. The largest absolute Gasteiger partial charge is 0.497 e. The van der Waals surface area contributed by atoms with Crippen molar-refractivity contribution >= 4 is 23.2 Å². The standard InChI is InChI=1S/C20H17Cl2FN2O3/c1-27-12-5-4-6-13(9-12)28-17-10-14(16(23)11-15(17)21)18-19(22)24-7-2-3-8-25(24)20(18)26/h4-6,9-11H,2-3,7-8H2,1H3. The lowest BCUT2D eigenvalue weighted by atomic mass is 10.1. The maximum atomic E-state index is 14.7. The van der Waals surface area contributed by atoms with Gasteiger partial charge in [-0.3, -0.25) is 9.48 Å². The molecule has 4 rings (SSSR count). The minimum absolute atomic E-state index is 0.0618. The number of nitrogens with zero attached hydrogens (tertiary/aromatic N) is 2. The van der Waals surface area contributed by atoms with Gasteiger partial charge in [-0.15, -0.1) is 0 Å². The highest BCUT2D eigenvalue weighted by Gasteiger charge is 2.25. The van der Waals surface area contributed by atoms with Gasteiger partial charge in [-0.05, 0) is 37.1 Å². The van der Waals surface area contributed by atoms with Crippen LogP contribution in [0.15, 0.2) is 41.2 Å². The smallest absolute Gasteiger partial charge is 0.276 e. The molecule has 3 aromatic rings. The van der Waals surface area contributed by atoms with E-state index in [2.05, 4.69) is 0 Å². The van der Waals surface area contributed by atoms with E-state index >= 15 is 0 Å². The average molecular weight is 423 g/mol. The van der Waals surface area contributed by atoms with Crippen LogP contribution in [0.3, 0.4) is 0 Å². The average Bonchev–Trinajstić information content (AvgIpc) is 2.95. The lowest BCUT2D eigenvalue weighted by Crippen LogP contribution is -2.27. The number of benzene rings is 2. The van der Waals surface area contributed by atoms with Crippen LogP contribution in [0, 0.1) is 5.82 Å². The molecule has 146 valence electrons. The number of halogens is 3. The van der Waals surface area contributed by atoms with E-state index in [1.807, 2.05) is 0 Å². The van der Waals surface area contributed by atoms with Crippen molar-refractivity contribution in [3.05, 3.63) is 62.7 Å². The van der Waals surface area contributed by atoms with Gasteiger partial charge in [0.2, 0.25) is 0 Å². The summed E-state index contributed by atoms with van der Waals surface area (Å²) in [6.45, 7) is 1.18. The fourth-order valence-electron chi connectivity index (χ4n) is 3.34. The minimum atomic E-state index is -0.634. The molecule has 1 aliphatic heterocycles. The summed E-state index contributed by atoms with van der Waals surface area (Å²) in [4.78, 5) is 12.8. The van der Waals surface area contributed by atoms with Crippen molar-refractivity contribution in [2.24, 2.45) is 0 Å². The number of hydrogen-bond acceptors (Lipinski definition) is 3. The zero-order valence-corrected chi connectivity index (χ0v) is 16.6. The lowest BCUT2D eigenvalue weighted by molar-refractivity contribution is 0.356. The summed E-state index contributed by atoms with van der Waals surface area (Å²) in [5.74, 6) is 0.664. The van der Waals surface area contributed by atoms with Crippen molar-refractivity contribution in [1.29, 1.82) is 0 Å². The molecule has 0 spiro atoms. The van der Waals surface area contributed by atoms with E-state index in [9.17, 15) is 9.18 Å². The van der Waals surface area contributed by atoms with Gasteiger partial charge in [0.25, 0.3) is 5.56 Å². The first kappa shape index (κ1) is 18.9. The van der Waals surface area contributed by atoms with Gasteiger partial charge in [0, 0.05) is 24.7 Å². The Balaban J connectivity index is 1.80. The van der Waals surface area contributed by atoms with Gasteiger partial charge >= 0.3 is 0 Å². The normalized spacial score (nSPS) is 13.3. The Morgan fingerprint density at radius 1 is 1.04 bits per heavy atom. The van der Waals surface area contributed by atoms with E-state index in [4.69, 9.17) is 32.7 Å². The first-order valence-electron chi connectivity index (χ1n) is 8.80. The predicted octanol–water partition coefficient (Wildman–Crippen LogP) is 5.36. The molecule has 0 radical (unpaired) electrons. The second kappa shape index (κ2) is 7.53. The van der Waals surface area contributed by atoms with Crippen molar-refractivity contribution in [2.75, 3.05) is 7.11 Å².